The minimum absolute atomic E-state index is 0.0407. The molecular formula is C21H35NO4. The summed E-state index contributed by atoms with van der Waals surface area (Å²) in [5, 5.41) is 0. The van der Waals surface area contributed by atoms with Gasteiger partial charge in [0, 0.05) is 12.5 Å². The van der Waals surface area contributed by atoms with Gasteiger partial charge in [0.2, 0.25) is 0 Å². The van der Waals surface area contributed by atoms with Crippen molar-refractivity contribution in [2.45, 2.75) is 84.3 Å². The Hall–Kier alpha value is -1.78. The molecule has 0 spiro atoms. The summed E-state index contributed by atoms with van der Waals surface area (Å²) in [6, 6.07) is 0.0407. The van der Waals surface area contributed by atoms with E-state index >= 15 is 0 Å². The number of carbonyl (C=O) groups excluding carboxylic acids is 2. The van der Waals surface area contributed by atoms with Gasteiger partial charge in [0.05, 0.1) is 6.54 Å². The van der Waals surface area contributed by atoms with Crippen LogP contribution >= 0.6 is 0 Å². The molecule has 0 radical (unpaired) electrons. The van der Waals surface area contributed by atoms with Crippen molar-refractivity contribution in [2.75, 3.05) is 13.2 Å². The third-order valence-corrected chi connectivity index (χ3v) is 4.05. The molecule has 0 saturated heterocycles. The summed E-state index contributed by atoms with van der Waals surface area (Å²) in [5.41, 5.74) is -0.553. The Morgan fingerprint density at radius 1 is 1.27 bits per heavy atom. The van der Waals surface area contributed by atoms with E-state index < -0.39 is 5.60 Å². The first kappa shape index (κ1) is 22.3. The topological polar surface area (TPSA) is 55.8 Å². The average Bonchev–Trinajstić information content (AvgIpc) is 2.54. The lowest BCUT2D eigenvalue weighted by Crippen LogP contribution is -2.45. The summed E-state index contributed by atoms with van der Waals surface area (Å²) >= 11 is 0. The van der Waals surface area contributed by atoms with E-state index in [0.717, 1.165) is 38.5 Å². The molecule has 0 aromatic carbocycles. The Bertz CT molecular complexity index is 491. The van der Waals surface area contributed by atoms with Gasteiger partial charge < -0.3 is 14.4 Å². The van der Waals surface area contributed by atoms with Crippen molar-refractivity contribution in [3.63, 3.8) is 0 Å². The van der Waals surface area contributed by atoms with Crippen LogP contribution in [-0.2, 0) is 14.3 Å². The van der Waals surface area contributed by atoms with Gasteiger partial charge in [0.25, 0.3) is 0 Å². The van der Waals surface area contributed by atoms with Crippen molar-refractivity contribution in [3.05, 3.63) is 24.3 Å². The first-order chi connectivity index (χ1) is 12.3. The van der Waals surface area contributed by atoms with Gasteiger partial charge in [-0.3, -0.25) is 4.79 Å². The van der Waals surface area contributed by atoms with E-state index in [9.17, 15) is 9.59 Å². The van der Waals surface area contributed by atoms with Gasteiger partial charge in [-0.15, -0.1) is 0 Å². The van der Waals surface area contributed by atoms with Crippen LogP contribution in [0, 0.1) is 0 Å². The molecule has 0 aliphatic carbocycles. The maximum Gasteiger partial charge on any atom is 0.410 e. The zero-order valence-electron chi connectivity index (χ0n) is 16.8. The van der Waals surface area contributed by atoms with Gasteiger partial charge in [-0.25, -0.2) is 4.79 Å². The van der Waals surface area contributed by atoms with Crippen LogP contribution in [0.5, 0.6) is 0 Å². The van der Waals surface area contributed by atoms with E-state index in [4.69, 9.17) is 9.47 Å². The molecule has 0 bridgehead atoms. The van der Waals surface area contributed by atoms with Gasteiger partial charge in [-0.2, -0.15) is 0 Å². The number of hydrogen-bond acceptors (Lipinski definition) is 4. The number of amides is 1. The molecular weight excluding hydrogens is 330 g/mol. The zero-order chi connectivity index (χ0) is 19.4. The number of esters is 1. The lowest BCUT2D eigenvalue weighted by molar-refractivity contribution is -0.144. The first-order valence-electron chi connectivity index (χ1n) is 9.78. The van der Waals surface area contributed by atoms with Crippen LogP contribution in [0.1, 0.15) is 72.6 Å². The van der Waals surface area contributed by atoms with Gasteiger partial charge in [0.1, 0.15) is 12.2 Å². The van der Waals surface area contributed by atoms with E-state index in [1.165, 1.54) is 0 Å². The van der Waals surface area contributed by atoms with Crippen LogP contribution in [0.2, 0.25) is 0 Å². The fourth-order valence-corrected chi connectivity index (χ4v) is 2.81. The fraction of sp³-hybridized carbons (Fsp3) is 0.714. The molecule has 148 valence electrons. The Morgan fingerprint density at radius 3 is 2.69 bits per heavy atom. The van der Waals surface area contributed by atoms with Crippen LogP contribution in [0.25, 0.3) is 0 Å². The largest absolute Gasteiger partial charge is 0.464 e. The monoisotopic (exact) mass is 365 g/mol. The second-order valence-corrected chi connectivity index (χ2v) is 7.64. The number of ether oxygens (including phenoxy) is 2. The van der Waals surface area contributed by atoms with Crippen molar-refractivity contribution >= 4 is 12.1 Å². The Kier molecular flexibility index (Phi) is 10.1. The SMILES string of the molecule is CCCC1C/C=C\C/C=C\CCCC(=O)OCCN1C(=O)OC(C)(C)C. The molecule has 1 atom stereocenters. The summed E-state index contributed by atoms with van der Waals surface area (Å²) in [6.45, 7) is 8.25. The van der Waals surface area contributed by atoms with Gasteiger partial charge >= 0.3 is 12.1 Å². The van der Waals surface area contributed by atoms with Crippen molar-refractivity contribution in [1.29, 1.82) is 0 Å². The van der Waals surface area contributed by atoms with E-state index in [0.29, 0.717) is 13.0 Å². The maximum absolute atomic E-state index is 12.7. The van der Waals surface area contributed by atoms with Crippen molar-refractivity contribution in [1.82, 2.24) is 4.90 Å². The summed E-state index contributed by atoms with van der Waals surface area (Å²) in [5.74, 6) is -0.206. The highest BCUT2D eigenvalue weighted by Gasteiger charge is 2.27. The second-order valence-electron chi connectivity index (χ2n) is 7.64. The molecule has 0 saturated carbocycles. The first-order valence-corrected chi connectivity index (χ1v) is 9.78. The van der Waals surface area contributed by atoms with E-state index in [1.54, 1.807) is 4.90 Å². The van der Waals surface area contributed by atoms with Crippen molar-refractivity contribution < 1.29 is 19.1 Å². The molecule has 1 unspecified atom stereocenters. The van der Waals surface area contributed by atoms with Crippen LogP contribution in [0.15, 0.2) is 24.3 Å². The standard InChI is InChI=1S/C21H35NO4/c1-5-13-18-14-11-9-7-6-8-10-12-15-19(23)25-17-16-22(18)20(24)26-21(2,3)4/h6,8-9,11,18H,5,7,10,12-17H2,1-4H3/b8-6-,11-9-. The quantitative estimate of drug-likeness (QED) is 0.510. The highest BCUT2D eigenvalue weighted by molar-refractivity contribution is 5.70. The van der Waals surface area contributed by atoms with E-state index in [2.05, 4.69) is 31.2 Å². The van der Waals surface area contributed by atoms with Gasteiger partial charge in [-0.1, -0.05) is 37.6 Å². The molecule has 26 heavy (non-hydrogen) atoms. The number of hydrogen-bond donors (Lipinski definition) is 0. The molecule has 1 amide bonds. The predicted molar refractivity (Wildman–Crippen MR) is 104 cm³/mol. The summed E-state index contributed by atoms with van der Waals surface area (Å²) < 4.78 is 10.9. The smallest absolute Gasteiger partial charge is 0.410 e. The number of carbonyl (C=O) groups is 2. The molecule has 5 nitrogen and oxygen atoms in total. The minimum Gasteiger partial charge on any atom is -0.464 e. The number of cyclic esters (lactones) is 1. The molecule has 0 N–H and O–H groups in total. The highest BCUT2D eigenvalue weighted by Crippen LogP contribution is 2.18. The molecule has 1 heterocycles. The van der Waals surface area contributed by atoms with Crippen LogP contribution in [-0.4, -0.2) is 41.8 Å². The Balaban J connectivity index is 2.90. The molecule has 0 fully saturated rings. The zero-order valence-corrected chi connectivity index (χ0v) is 16.8. The van der Waals surface area contributed by atoms with Gasteiger partial charge in [-0.05, 0) is 52.9 Å². The van der Waals surface area contributed by atoms with Crippen molar-refractivity contribution in [3.8, 4) is 0 Å². The third-order valence-electron chi connectivity index (χ3n) is 4.05. The Labute approximate surface area is 158 Å². The number of allylic oxidation sites excluding steroid dienone is 3. The molecule has 0 aromatic heterocycles. The summed E-state index contributed by atoms with van der Waals surface area (Å²) in [6.07, 6.45) is 13.7. The molecule has 1 aliphatic rings. The average molecular weight is 366 g/mol. The lowest BCUT2D eigenvalue weighted by atomic mass is 10.1. The highest BCUT2D eigenvalue weighted by atomic mass is 16.6. The molecule has 5 heteroatoms. The van der Waals surface area contributed by atoms with Crippen LogP contribution < -0.4 is 0 Å². The lowest BCUT2D eigenvalue weighted by Gasteiger charge is -2.33. The number of rotatable bonds is 2. The molecule has 1 aliphatic heterocycles. The summed E-state index contributed by atoms with van der Waals surface area (Å²) in [4.78, 5) is 26.3. The Morgan fingerprint density at radius 2 is 2.00 bits per heavy atom. The van der Waals surface area contributed by atoms with Gasteiger partial charge in [0.15, 0.2) is 0 Å². The van der Waals surface area contributed by atoms with Crippen molar-refractivity contribution in [2.24, 2.45) is 0 Å². The minimum atomic E-state index is -0.553. The fourth-order valence-electron chi connectivity index (χ4n) is 2.81. The second kappa shape index (κ2) is 11.8. The maximum atomic E-state index is 12.7. The summed E-state index contributed by atoms with van der Waals surface area (Å²) in [7, 11) is 0. The number of nitrogens with zero attached hydrogens (tertiary/aromatic N) is 1. The normalized spacial score (nSPS) is 23.3. The van der Waals surface area contributed by atoms with E-state index in [1.807, 2.05) is 20.8 Å². The van der Waals surface area contributed by atoms with Crippen LogP contribution in [0.4, 0.5) is 4.79 Å². The predicted octanol–water partition coefficient (Wildman–Crippen LogP) is 5.01. The molecule has 1 rings (SSSR count). The third kappa shape index (κ3) is 9.64. The molecule has 0 aromatic rings. The van der Waals surface area contributed by atoms with E-state index in [-0.39, 0.29) is 24.7 Å². The van der Waals surface area contributed by atoms with Crippen LogP contribution in [0.3, 0.4) is 0 Å².